The van der Waals surface area contributed by atoms with Gasteiger partial charge in [0.15, 0.2) is 0 Å². The van der Waals surface area contributed by atoms with Crippen molar-refractivity contribution in [1.29, 1.82) is 0 Å². The number of aromatic amines is 1. The Labute approximate surface area is 123 Å². The SMILES string of the molecule is CN1C(=O)CO[C@H]2CN(Cc3c[nH]c4ccccc34)C[C@H]21. The lowest BCUT2D eigenvalue weighted by atomic mass is 10.1. The number of ether oxygens (including phenoxy) is 1. The van der Waals surface area contributed by atoms with E-state index in [-0.39, 0.29) is 24.7 Å². The van der Waals surface area contributed by atoms with Crippen molar-refractivity contribution in [3.63, 3.8) is 0 Å². The Balaban J connectivity index is 1.53. The molecule has 0 radical (unpaired) electrons. The summed E-state index contributed by atoms with van der Waals surface area (Å²) in [5, 5.41) is 1.28. The molecule has 2 aliphatic heterocycles. The molecule has 5 nitrogen and oxygen atoms in total. The highest BCUT2D eigenvalue weighted by Gasteiger charge is 2.41. The van der Waals surface area contributed by atoms with Crippen molar-refractivity contribution >= 4 is 16.8 Å². The largest absolute Gasteiger partial charge is 0.365 e. The van der Waals surface area contributed by atoms with E-state index in [1.54, 1.807) is 0 Å². The highest BCUT2D eigenvalue weighted by atomic mass is 16.5. The van der Waals surface area contributed by atoms with E-state index in [9.17, 15) is 4.79 Å². The van der Waals surface area contributed by atoms with Crippen LogP contribution in [0, 0.1) is 0 Å². The lowest BCUT2D eigenvalue weighted by molar-refractivity contribution is -0.150. The number of benzene rings is 1. The van der Waals surface area contributed by atoms with Gasteiger partial charge in [0.25, 0.3) is 0 Å². The Morgan fingerprint density at radius 2 is 2.19 bits per heavy atom. The number of para-hydroxylation sites is 1. The topological polar surface area (TPSA) is 48.6 Å². The van der Waals surface area contributed by atoms with Crippen molar-refractivity contribution in [2.24, 2.45) is 0 Å². The molecule has 1 aromatic heterocycles. The Hall–Kier alpha value is -1.85. The predicted molar refractivity (Wildman–Crippen MR) is 79.9 cm³/mol. The third kappa shape index (κ3) is 2.13. The molecule has 5 heteroatoms. The average Bonchev–Trinajstić information content (AvgIpc) is 3.09. The van der Waals surface area contributed by atoms with Gasteiger partial charge in [0, 0.05) is 43.8 Å². The van der Waals surface area contributed by atoms with E-state index in [1.807, 2.05) is 18.0 Å². The molecule has 0 aliphatic carbocycles. The minimum atomic E-state index is 0.0881. The summed E-state index contributed by atoms with van der Waals surface area (Å²) in [7, 11) is 1.89. The quantitative estimate of drug-likeness (QED) is 0.902. The summed E-state index contributed by atoms with van der Waals surface area (Å²) < 4.78 is 5.68. The summed E-state index contributed by atoms with van der Waals surface area (Å²) in [4.78, 5) is 19.3. The van der Waals surface area contributed by atoms with Crippen molar-refractivity contribution in [3.8, 4) is 0 Å². The fourth-order valence-electron chi connectivity index (χ4n) is 3.47. The molecule has 3 heterocycles. The zero-order valence-corrected chi connectivity index (χ0v) is 12.1. The van der Waals surface area contributed by atoms with Crippen molar-refractivity contribution in [2.45, 2.75) is 18.7 Å². The third-order valence-corrected chi connectivity index (χ3v) is 4.69. The zero-order valence-electron chi connectivity index (χ0n) is 12.1. The van der Waals surface area contributed by atoms with Crippen LogP contribution in [0.2, 0.25) is 0 Å². The molecule has 2 atom stereocenters. The predicted octanol–water partition coefficient (Wildman–Crippen LogP) is 1.21. The molecule has 0 unspecified atom stereocenters. The number of hydrogen-bond donors (Lipinski definition) is 1. The van der Waals surface area contributed by atoms with Gasteiger partial charge in [0.05, 0.1) is 12.1 Å². The van der Waals surface area contributed by atoms with Crippen molar-refractivity contribution < 1.29 is 9.53 Å². The van der Waals surface area contributed by atoms with Crippen molar-refractivity contribution in [1.82, 2.24) is 14.8 Å². The first-order valence-corrected chi connectivity index (χ1v) is 7.37. The number of morpholine rings is 1. The second-order valence-electron chi connectivity index (χ2n) is 5.98. The number of nitrogens with zero attached hydrogens (tertiary/aromatic N) is 2. The van der Waals surface area contributed by atoms with Gasteiger partial charge in [0.1, 0.15) is 6.61 Å². The van der Waals surface area contributed by atoms with Crippen LogP contribution in [-0.4, -0.2) is 59.6 Å². The highest BCUT2D eigenvalue weighted by Crippen LogP contribution is 2.26. The Bertz CT molecular complexity index is 681. The number of carbonyl (C=O) groups is 1. The van der Waals surface area contributed by atoms with E-state index in [2.05, 4.69) is 34.3 Å². The van der Waals surface area contributed by atoms with Gasteiger partial charge >= 0.3 is 0 Å². The van der Waals surface area contributed by atoms with Crippen LogP contribution in [0.25, 0.3) is 10.9 Å². The molecule has 1 amide bonds. The molecular weight excluding hydrogens is 266 g/mol. The molecule has 2 saturated heterocycles. The van der Waals surface area contributed by atoms with E-state index in [0.29, 0.717) is 0 Å². The van der Waals surface area contributed by atoms with E-state index in [1.165, 1.54) is 16.5 Å². The van der Waals surface area contributed by atoms with Crippen LogP contribution < -0.4 is 0 Å². The lowest BCUT2D eigenvalue weighted by Crippen LogP contribution is -2.51. The van der Waals surface area contributed by atoms with Crippen LogP contribution in [0.3, 0.4) is 0 Å². The number of fused-ring (bicyclic) bond motifs is 2. The number of carbonyl (C=O) groups excluding carboxylic acids is 1. The molecule has 4 rings (SSSR count). The van der Waals surface area contributed by atoms with Crippen LogP contribution in [-0.2, 0) is 16.1 Å². The Kier molecular flexibility index (Phi) is 2.97. The molecule has 21 heavy (non-hydrogen) atoms. The number of aromatic nitrogens is 1. The normalized spacial score (nSPS) is 26.5. The summed E-state index contributed by atoms with van der Waals surface area (Å²) in [5.41, 5.74) is 2.48. The van der Waals surface area contributed by atoms with Gasteiger partial charge in [-0.1, -0.05) is 18.2 Å². The summed E-state index contributed by atoms with van der Waals surface area (Å²) in [5.74, 6) is 0.0881. The number of likely N-dealkylation sites (N-methyl/N-ethyl adjacent to an activating group) is 1. The van der Waals surface area contributed by atoms with Gasteiger partial charge in [-0.05, 0) is 11.6 Å². The van der Waals surface area contributed by atoms with Gasteiger partial charge in [-0.15, -0.1) is 0 Å². The summed E-state index contributed by atoms with van der Waals surface area (Å²) in [6, 6.07) is 8.55. The van der Waals surface area contributed by atoms with Crippen LogP contribution in [0.4, 0.5) is 0 Å². The minimum absolute atomic E-state index is 0.0881. The Morgan fingerprint density at radius 3 is 3.10 bits per heavy atom. The number of H-pyrrole nitrogens is 1. The Morgan fingerprint density at radius 1 is 1.33 bits per heavy atom. The molecule has 0 saturated carbocycles. The average molecular weight is 285 g/mol. The number of hydrogen-bond acceptors (Lipinski definition) is 3. The van der Waals surface area contributed by atoms with E-state index in [4.69, 9.17) is 4.74 Å². The fraction of sp³-hybridized carbons (Fsp3) is 0.438. The second-order valence-corrected chi connectivity index (χ2v) is 5.98. The number of amides is 1. The van der Waals surface area contributed by atoms with Crippen molar-refractivity contribution in [3.05, 3.63) is 36.0 Å². The van der Waals surface area contributed by atoms with Gasteiger partial charge in [0.2, 0.25) is 5.91 Å². The molecule has 0 spiro atoms. The van der Waals surface area contributed by atoms with Crippen LogP contribution >= 0.6 is 0 Å². The van der Waals surface area contributed by atoms with E-state index < -0.39 is 0 Å². The maximum absolute atomic E-state index is 11.7. The first-order chi connectivity index (χ1) is 10.2. The van der Waals surface area contributed by atoms with E-state index in [0.717, 1.165) is 19.6 Å². The zero-order chi connectivity index (χ0) is 14.4. The van der Waals surface area contributed by atoms with Crippen molar-refractivity contribution in [2.75, 3.05) is 26.7 Å². The molecular formula is C16H19N3O2. The van der Waals surface area contributed by atoms with Crippen LogP contribution in [0.5, 0.6) is 0 Å². The first kappa shape index (κ1) is 12.9. The molecule has 0 bridgehead atoms. The molecule has 110 valence electrons. The lowest BCUT2D eigenvalue weighted by Gasteiger charge is -2.33. The number of likely N-dealkylation sites (tertiary alicyclic amines) is 1. The van der Waals surface area contributed by atoms with Gasteiger partial charge in [-0.25, -0.2) is 0 Å². The molecule has 2 fully saturated rings. The summed E-state index contributed by atoms with van der Waals surface area (Å²) >= 11 is 0. The summed E-state index contributed by atoms with van der Waals surface area (Å²) in [6.07, 6.45) is 2.24. The molecule has 2 aliphatic rings. The fourth-order valence-corrected chi connectivity index (χ4v) is 3.47. The molecule has 1 N–H and O–H groups in total. The summed E-state index contributed by atoms with van der Waals surface area (Å²) in [6.45, 7) is 2.88. The smallest absolute Gasteiger partial charge is 0.248 e. The second kappa shape index (κ2) is 4.86. The number of nitrogens with one attached hydrogen (secondary N) is 1. The molecule has 1 aromatic carbocycles. The minimum Gasteiger partial charge on any atom is -0.365 e. The van der Waals surface area contributed by atoms with Crippen LogP contribution in [0.1, 0.15) is 5.56 Å². The first-order valence-electron chi connectivity index (χ1n) is 7.37. The van der Waals surface area contributed by atoms with Gasteiger partial charge < -0.3 is 14.6 Å². The third-order valence-electron chi connectivity index (χ3n) is 4.69. The highest BCUT2D eigenvalue weighted by molar-refractivity contribution is 5.83. The standard InChI is InChI=1S/C16H19N3O2/c1-18-14-8-19(9-15(14)21-10-16(18)20)7-11-6-17-13-5-3-2-4-12(11)13/h2-6,14-15,17H,7-10H2,1H3/t14-,15+/m1/s1. The number of rotatable bonds is 2. The van der Waals surface area contributed by atoms with Gasteiger partial charge in [-0.2, -0.15) is 0 Å². The van der Waals surface area contributed by atoms with Crippen LogP contribution in [0.15, 0.2) is 30.5 Å². The maximum atomic E-state index is 11.7. The van der Waals surface area contributed by atoms with Gasteiger partial charge in [-0.3, -0.25) is 9.69 Å². The van der Waals surface area contributed by atoms with E-state index >= 15 is 0 Å². The molecule has 2 aromatic rings. The monoisotopic (exact) mass is 285 g/mol. The maximum Gasteiger partial charge on any atom is 0.248 e.